The van der Waals surface area contributed by atoms with Crippen molar-refractivity contribution in [3.63, 3.8) is 0 Å². The third kappa shape index (κ3) is 4.40. The SMILES string of the molecule is CC(=O)CC1=[Se](O[Cl+3]([O-])([O-])[O-])OC(C)=C1. The van der Waals surface area contributed by atoms with Crippen molar-refractivity contribution in [1.82, 2.24) is 0 Å². The van der Waals surface area contributed by atoms with Crippen LogP contribution < -0.4 is 14.0 Å². The molecule has 0 N–H and O–H groups in total. The van der Waals surface area contributed by atoms with E-state index in [2.05, 4.69) is 3.37 Å². The number of carbonyl (C=O) groups is 1. The van der Waals surface area contributed by atoms with Crippen LogP contribution in [0.4, 0.5) is 0 Å². The maximum absolute atomic E-state index is 10.8. The zero-order valence-corrected chi connectivity index (χ0v) is 10.5. The van der Waals surface area contributed by atoms with Crippen molar-refractivity contribution in [1.29, 1.82) is 0 Å². The van der Waals surface area contributed by atoms with Gasteiger partial charge < -0.3 is 0 Å². The van der Waals surface area contributed by atoms with Crippen molar-refractivity contribution in [3.8, 4) is 0 Å². The normalized spacial score (nSPS) is 21.3. The van der Waals surface area contributed by atoms with Gasteiger partial charge in [-0.3, -0.25) is 0 Å². The molecule has 1 atom stereocenters. The van der Waals surface area contributed by atoms with Gasteiger partial charge in [0, 0.05) is 0 Å². The summed E-state index contributed by atoms with van der Waals surface area (Å²) >= 11 is -2.60. The number of hydrogen-bond donors (Lipinski definition) is 0. The number of hydrogen-bond acceptors (Lipinski definition) is 6. The molecule has 8 heteroatoms. The van der Waals surface area contributed by atoms with Gasteiger partial charge in [0.2, 0.25) is 0 Å². The predicted molar refractivity (Wildman–Crippen MR) is 42.0 cm³/mol. The van der Waals surface area contributed by atoms with Gasteiger partial charge in [-0.05, 0) is 0 Å². The van der Waals surface area contributed by atoms with Gasteiger partial charge in [-0.15, -0.1) is 0 Å². The summed E-state index contributed by atoms with van der Waals surface area (Å²) in [4.78, 5) is 10.8. The second-order valence-corrected chi connectivity index (χ2v) is 6.97. The molecule has 6 nitrogen and oxygen atoms in total. The van der Waals surface area contributed by atoms with E-state index in [1.54, 1.807) is 6.92 Å². The molecule has 1 rings (SSSR count). The third-order valence-corrected chi connectivity index (χ3v) is 5.62. The van der Waals surface area contributed by atoms with E-state index in [1.807, 2.05) is 0 Å². The van der Waals surface area contributed by atoms with E-state index in [0.29, 0.717) is 10.2 Å². The molecule has 0 aromatic rings. The second-order valence-electron chi connectivity index (χ2n) is 2.86. The Hall–Kier alpha value is -0.271. The minimum absolute atomic E-state index is 0.0487. The van der Waals surface area contributed by atoms with Crippen molar-refractivity contribution in [3.05, 3.63) is 11.8 Å². The van der Waals surface area contributed by atoms with Crippen LogP contribution in [0.5, 0.6) is 0 Å². The summed E-state index contributed by atoms with van der Waals surface area (Å²) in [6.07, 6.45) is 1.58. The van der Waals surface area contributed by atoms with Crippen LogP contribution >= 0.6 is 0 Å². The number of ketones is 1. The molecule has 0 radical (unpaired) electrons. The summed E-state index contributed by atoms with van der Waals surface area (Å²) in [5.74, 6) is 0.312. The Kier molecular flexibility index (Phi) is 4.02. The quantitative estimate of drug-likeness (QED) is 0.514. The van der Waals surface area contributed by atoms with Crippen molar-refractivity contribution < 1.29 is 36.2 Å². The maximum atomic E-state index is 10.8. The molecule has 0 aliphatic carbocycles. The Balaban J connectivity index is 2.80. The van der Waals surface area contributed by atoms with Crippen LogP contribution in [0.3, 0.4) is 0 Å². The first kappa shape index (κ1) is 12.8. The average molecular weight is 304 g/mol. The molecular formula is C7H9ClO6Se. The number of halogens is 1. The molecular weight excluding hydrogens is 294 g/mol. The molecule has 1 unspecified atom stereocenters. The van der Waals surface area contributed by atoms with Crippen LogP contribution in [0.2, 0.25) is 0 Å². The van der Waals surface area contributed by atoms with Crippen molar-refractivity contribution in [2.45, 2.75) is 20.3 Å². The van der Waals surface area contributed by atoms with Crippen molar-refractivity contribution in [2.75, 3.05) is 0 Å². The molecule has 0 saturated carbocycles. The number of allylic oxidation sites excluding steroid dienone is 2. The molecule has 0 saturated heterocycles. The molecule has 0 fully saturated rings. The van der Waals surface area contributed by atoms with Crippen LogP contribution in [0.1, 0.15) is 20.3 Å². The van der Waals surface area contributed by atoms with E-state index in [9.17, 15) is 18.8 Å². The number of Topliss-reactive ketones (excluding diaryl/α,β-unsaturated/α-hetero) is 1. The molecule has 1 heterocycles. The van der Waals surface area contributed by atoms with Gasteiger partial charge in [0.25, 0.3) is 0 Å². The molecule has 0 spiro atoms. The van der Waals surface area contributed by atoms with Gasteiger partial charge >= 0.3 is 92.6 Å². The van der Waals surface area contributed by atoms with Gasteiger partial charge in [-0.25, -0.2) is 0 Å². The van der Waals surface area contributed by atoms with Crippen LogP contribution in [-0.4, -0.2) is 24.3 Å². The molecule has 0 aromatic carbocycles. The zero-order chi connectivity index (χ0) is 11.6. The average Bonchev–Trinajstić information content (AvgIpc) is 2.25. The topological polar surface area (TPSA) is 105 Å². The predicted octanol–water partition coefficient (Wildman–Crippen LogP) is -2.94. The fourth-order valence-corrected chi connectivity index (χ4v) is 4.80. The molecule has 1 aliphatic rings. The van der Waals surface area contributed by atoms with Crippen molar-refractivity contribution >= 4 is 24.3 Å². The first-order valence-electron chi connectivity index (χ1n) is 3.85. The summed E-state index contributed by atoms with van der Waals surface area (Å²) in [6.45, 7) is 2.96. The minimum atomic E-state index is -4.51. The second kappa shape index (κ2) is 4.71. The Bertz CT molecular complexity index is 342. The van der Waals surface area contributed by atoms with E-state index in [-0.39, 0.29) is 12.2 Å². The van der Waals surface area contributed by atoms with E-state index < -0.39 is 24.4 Å². The monoisotopic (exact) mass is 304 g/mol. The first-order chi connectivity index (χ1) is 6.78. The summed E-state index contributed by atoms with van der Waals surface area (Å²) in [7, 11) is -4.51. The Labute approximate surface area is 92.9 Å². The summed E-state index contributed by atoms with van der Waals surface area (Å²) < 4.78 is 40.8. The number of rotatable bonds is 4. The van der Waals surface area contributed by atoms with Gasteiger partial charge in [0.05, 0.1) is 0 Å². The summed E-state index contributed by atoms with van der Waals surface area (Å²) in [5, 5.41) is 0. The van der Waals surface area contributed by atoms with Gasteiger partial charge in [0.15, 0.2) is 0 Å². The van der Waals surface area contributed by atoms with Gasteiger partial charge in [-0.1, -0.05) is 0 Å². The van der Waals surface area contributed by atoms with Crippen LogP contribution in [-0.2, 0) is 12.0 Å². The van der Waals surface area contributed by atoms with E-state index in [0.717, 1.165) is 0 Å². The molecule has 0 bridgehead atoms. The third-order valence-electron chi connectivity index (χ3n) is 1.34. The van der Waals surface area contributed by atoms with Gasteiger partial charge in [0.1, 0.15) is 0 Å². The molecule has 15 heavy (non-hydrogen) atoms. The number of carbonyl (C=O) groups excluding carboxylic acids is 1. The Morgan fingerprint density at radius 1 is 1.60 bits per heavy atom. The van der Waals surface area contributed by atoms with Crippen LogP contribution in [0, 0.1) is 10.2 Å². The molecule has 1 aliphatic heterocycles. The zero-order valence-electron chi connectivity index (χ0n) is 8.02. The summed E-state index contributed by atoms with van der Waals surface area (Å²) in [6, 6.07) is 0. The summed E-state index contributed by atoms with van der Waals surface area (Å²) in [5.41, 5.74) is 0. The van der Waals surface area contributed by atoms with Gasteiger partial charge in [-0.2, -0.15) is 0 Å². The fraction of sp³-hybridized carbons (Fsp3) is 0.429. The Morgan fingerprint density at radius 2 is 2.20 bits per heavy atom. The van der Waals surface area contributed by atoms with Crippen LogP contribution in [0.25, 0.3) is 0 Å². The van der Waals surface area contributed by atoms with Crippen LogP contribution in [0.15, 0.2) is 11.8 Å². The molecule has 86 valence electrons. The van der Waals surface area contributed by atoms with E-state index in [4.69, 9.17) is 3.82 Å². The Morgan fingerprint density at radius 3 is 2.67 bits per heavy atom. The van der Waals surface area contributed by atoms with E-state index in [1.165, 1.54) is 13.0 Å². The molecule has 0 amide bonds. The first-order valence-corrected chi connectivity index (χ1v) is 7.34. The standard InChI is InChI=1S/C7H9ClO6Se/c1-5(9)3-7-4-6(2)13-15(7)14-8(10,11)12/h4H,3H2,1-2H3. The molecule has 0 aromatic heterocycles. The van der Waals surface area contributed by atoms with Crippen molar-refractivity contribution in [2.24, 2.45) is 0 Å². The fourth-order valence-electron chi connectivity index (χ4n) is 0.950. The van der Waals surface area contributed by atoms with E-state index >= 15 is 0 Å².